The number of carbonyl (C=O) groups is 1. The Morgan fingerprint density at radius 3 is 2.95 bits per heavy atom. The van der Waals surface area contributed by atoms with Gasteiger partial charge in [-0.05, 0) is 25.0 Å². The maximum atomic E-state index is 12.0. The number of amides is 1. The second-order valence-corrected chi connectivity index (χ2v) is 4.72. The van der Waals surface area contributed by atoms with E-state index in [2.05, 4.69) is 10.3 Å². The highest BCUT2D eigenvalue weighted by Gasteiger charge is 2.10. The van der Waals surface area contributed by atoms with E-state index in [9.17, 15) is 9.90 Å². The van der Waals surface area contributed by atoms with Crippen molar-refractivity contribution in [3.63, 3.8) is 0 Å². The molecule has 1 aromatic carbocycles. The SMILES string of the molecule is CCC(O)CCNC(=O)c1cc(N)c2ccccc2n1. The molecule has 1 amide bonds. The number of hydrogen-bond acceptors (Lipinski definition) is 4. The van der Waals surface area contributed by atoms with Gasteiger partial charge in [0.25, 0.3) is 5.91 Å². The average molecular weight is 273 g/mol. The number of aliphatic hydroxyl groups excluding tert-OH is 1. The van der Waals surface area contributed by atoms with Gasteiger partial charge in [-0.2, -0.15) is 0 Å². The Balaban J connectivity index is 2.10. The lowest BCUT2D eigenvalue weighted by Crippen LogP contribution is -2.27. The number of nitrogens with two attached hydrogens (primary N) is 1. The fourth-order valence-electron chi connectivity index (χ4n) is 1.97. The molecule has 1 heterocycles. The Hall–Kier alpha value is -2.14. The van der Waals surface area contributed by atoms with Crippen molar-refractivity contribution in [3.05, 3.63) is 36.0 Å². The van der Waals surface area contributed by atoms with Crippen LogP contribution in [0.4, 0.5) is 5.69 Å². The summed E-state index contributed by atoms with van der Waals surface area (Å²) in [4.78, 5) is 16.3. The van der Waals surface area contributed by atoms with Crippen LogP contribution in [-0.2, 0) is 0 Å². The number of pyridine rings is 1. The van der Waals surface area contributed by atoms with E-state index in [-0.39, 0.29) is 12.0 Å². The summed E-state index contributed by atoms with van der Waals surface area (Å²) in [6.45, 7) is 2.32. The number of benzene rings is 1. The number of nitrogens with one attached hydrogen (secondary N) is 1. The standard InChI is InChI=1S/C15H19N3O2/c1-2-10(19)7-8-17-15(20)14-9-12(16)11-5-3-4-6-13(11)18-14/h3-6,9-10,19H,2,7-8H2,1H3,(H2,16,18)(H,17,20). The molecule has 1 aromatic heterocycles. The van der Waals surface area contributed by atoms with Crippen LogP contribution in [0, 0.1) is 0 Å². The van der Waals surface area contributed by atoms with Gasteiger partial charge in [0.2, 0.25) is 0 Å². The zero-order valence-corrected chi connectivity index (χ0v) is 11.5. The molecule has 2 aromatic rings. The van der Waals surface area contributed by atoms with E-state index < -0.39 is 0 Å². The van der Waals surface area contributed by atoms with Crippen LogP contribution in [0.5, 0.6) is 0 Å². The summed E-state index contributed by atoms with van der Waals surface area (Å²) in [6.07, 6.45) is 0.826. The van der Waals surface area contributed by atoms with E-state index in [0.717, 1.165) is 5.39 Å². The minimum absolute atomic E-state index is 0.272. The predicted molar refractivity (Wildman–Crippen MR) is 79.4 cm³/mol. The highest BCUT2D eigenvalue weighted by molar-refractivity contribution is 5.99. The Morgan fingerprint density at radius 2 is 2.20 bits per heavy atom. The summed E-state index contributed by atoms with van der Waals surface area (Å²) < 4.78 is 0. The van der Waals surface area contributed by atoms with Crippen molar-refractivity contribution >= 4 is 22.5 Å². The topological polar surface area (TPSA) is 88.2 Å². The van der Waals surface area contributed by atoms with E-state index in [0.29, 0.717) is 36.3 Å². The minimum atomic E-state index is -0.384. The summed E-state index contributed by atoms with van der Waals surface area (Å²) in [5, 5.41) is 13.0. The third-order valence-corrected chi connectivity index (χ3v) is 3.22. The number of anilines is 1. The van der Waals surface area contributed by atoms with Crippen molar-refractivity contribution in [1.82, 2.24) is 10.3 Å². The van der Waals surface area contributed by atoms with E-state index >= 15 is 0 Å². The Labute approximate surface area is 117 Å². The highest BCUT2D eigenvalue weighted by atomic mass is 16.3. The van der Waals surface area contributed by atoms with Crippen molar-refractivity contribution in [2.45, 2.75) is 25.9 Å². The first kappa shape index (κ1) is 14.3. The second kappa shape index (κ2) is 6.34. The normalized spacial score (nSPS) is 12.3. The molecule has 5 nitrogen and oxygen atoms in total. The Bertz CT molecular complexity index is 613. The van der Waals surface area contributed by atoms with Gasteiger partial charge in [-0.3, -0.25) is 4.79 Å². The molecule has 5 heteroatoms. The Kier molecular flexibility index (Phi) is 4.53. The van der Waals surface area contributed by atoms with Crippen molar-refractivity contribution in [3.8, 4) is 0 Å². The average Bonchev–Trinajstić information content (AvgIpc) is 2.46. The zero-order valence-electron chi connectivity index (χ0n) is 11.5. The largest absolute Gasteiger partial charge is 0.398 e. The second-order valence-electron chi connectivity index (χ2n) is 4.72. The first-order chi connectivity index (χ1) is 9.61. The lowest BCUT2D eigenvalue weighted by molar-refractivity contribution is 0.0937. The fourth-order valence-corrected chi connectivity index (χ4v) is 1.97. The number of carbonyl (C=O) groups excluding carboxylic acids is 1. The van der Waals surface area contributed by atoms with E-state index in [1.54, 1.807) is 6.07 Å². The highest BCUT2D eigenvalue weighted by Crippen LogP contribution is 2.19. The molecular weight excluding hydrogens is 254 g/mol. The molecule has 0 aliphatic rings. The van der Waals surface area contributed by atoms with Crippen molar-refractivity contribution < 1.29 is 9.90 Å². The molecule has 0 saturated heterocycles. The minimum Gasteiger partial charge on any atom is -0.398 e. The molecule has 0 radical (unpaired) electrons. The van der Waals surface area contributed by atoms with Gasteiger partial charge in [-0.1, -0.05) is 25.1 Å². The number of para-hydroxylation sites is 1. The molecule has 0 spiro atoms. The molecule has 2 rings (SSSR count). The molecule has 1 atom stereocenters. The molecule has 0 aliphatic heterocycles. The van der Waals surface area contributed by atoms with Crippen LogP contribution in [0.15, 0.2) is 30.3 Å². The molecule has 0 aliphatic carbocycles. The number of aliphatic hydroxyl groups is 1. The van der Waals surface area contributed by atoms with Gasteiger partial charge in [0, 0.05) is 17.6 Å². The number of hydrogen-bond donors (Lipinski definition) is 3. The third-order valence-electron chi connectivity index (χ3n) is 3.22. The van der Waals surface area contributed by atoms with Gasteiger partial charge in [-0.15, -0.1) is 0 Å². The summed E-state index contributed by atoms with van der Waals surface area (Å²) in [5.41, 5.74) is 7.47. The van der Waals surface area contributed by atoms with Crippen molar-refractivity contribution in [2.24, 2.45) is 0 Å². The predicted octanol–water partition coefficient (Wildman–Crippen LogP) is 1.71. The molecule has 1 unspecified atom stereocenters. The number of fused-ring (bicyclic) bond motifs is 1. The molecule has 20 heavy (non-hydrogen) atoms. The molecule has 0 saturated carbocycles. The number of aromatic nitrogens is 1. The van der Waals surface area contributed by atoms with Gasteiger partial charge in [0.1, 0.15) is 5.69 Å². The molecule has 0 fully saturated rings. The third kappa shape index (κ3) is 3.24. The molecule has 0 bridgehead atoms. The van der Waals surface area contributed by atoms with E-state index in [1.807, 2.05) is 31.2 Å². The summed E-state index contributed by atoms with van der Waals surface area (Å²) in [5.74, 6) is -0.272. The van der Waals surface area contributed by atoms with Crippen LogP contribution < -0.4 is 11.1 Å². The summed E-state index contributed by atoms with van der Waals surface area (Å²) in [6, 6.07) is 9.01. The van der Waals surface area contributed by atoms with Crippen LogP contribution in [0.25, 0.3) is 10.9 Å². The fraction of sp³-hybridized carbons (Fsp3) is 0.333. The van der Waals surface area contributed by atoms with Crippen molar-refractivity contribution in [1.29, 1.82) is 0 Å². The lowest BCUT2D eigenvalue weighted by atomic mass is 10.1. The van der Waals surface area contributed by atoms with Crippen molar-refractivity contribution in [2.75, 3.05) is 12.3 Å². The maximum absolute atomic E-state index is 12.0. The van der Waals surface area contributed by atoms with Gasteiger partial charge in [0.15, 0.2) is 0 Å². The van der Waals surface area contributed by atoms with Gasteiger partial charge >= 0.3 is 0 Å². The number of rotatable bonds is 5. The first-order valence-corrected chi connectivity index (χ1v) is 6.73. The number of nitrogens with zero attached hydrogens (tertiary/aromatic N) is 1. The van der Waals surface area contributed by atoms with Crippen LogP contribution in [-0.4, -0.2) is 28.6 Å². The summed E-state index contributed by atoms with van der Waals surface area (Å²) >= 11 is 0. The monoisotopic (exact) mass is 273 g/mol. The molecular formula is C15H19N3O2. The maximum Gasteiger partial charge on any atom is 0.269 e. The van der Waals surface area contributed by atoms with Crippen LogP contribution in [0.1, 0.15) is 30.3 Å². The van der Waals surface area contributed by atoms with Crippen LogP contribution >= 0.6 is 0 Å². The van der Waals surface area contributed by atoms with Gasteiger partial charge in [0.05, 0.1) is 11.6 Å². The molecule has 106 valence electrons. The van der Waals surface area contributed by atoms with E-state index in [1.165, 1.54) is 0 Å². The zero-order chi connectivity index (χ0) is 14.5. The summed E-state index contributed by atoms with van der Waals surface area (Å²) in [7, 11) is 0. The quantitative estimate of drug-likeness (QED) is 0.773. The number of nitrogen functional groups attached to an aromatic ring is 1. The lowest BCUT2D eigenvalue weighted by Gasteiger charge is -2.09. The first-order valence-electron chi connectivity index (χ1n) is 6.73. The van der Waals surface area contributed by atoms with E-state index in [4.69, 9.17) is 5.73 Å². The Morgan fingerprint density at radius 1 is 1.45 bits per heavy atom. The van der Waals surface area contributed by atoms with Crippen LogP contribution in [0.2, 0.25) is 0 Å². The molecule has 4 N–H and O–H groups in total. The van der Waals surface area contributed by atoms with Gasteiger partial charge < -0.3 is 16.2 Å². The van der Waals surface area contributed by atoms with Crippen LogP contribution in [0.3, 0.4) is 0 Å². The van der Waals surface area contributed by atoms with Gasteiger partial charge in [-0.25, -0.2) is 4.98 Å². The smallest absolute Gasteiger partial charge is 0.269 e.